The number of hydrogen-bond donors (Lipinski definition) is 2. The summed E-state index contributed by atoms with van der Waals surface area (Å²) in [6.45, 7) is 1.71. The molecule has 0 spiro atoms. The van der Waals surface area contributed by atoms with Crippen molar-refractivity contribution < 1.29 is 14.3 Å². The van der Waals surface area contributed by atoms with Gasteiger partial charge in [-0.2, -0.15) is 0 Å². The second kappa shape index (κ2) is 9.18. The summed E-state index contributed by atoms with van der Waals surface area (Å²) in [5.74, 6) is -0.0739. The van der Waals surface area contributed by atoms with Crippen molar-refractivity contribution in [2.45, 2.75) is 44.4 Å². The lowest BCUT2D eigenvalue weighted by Crippen LogP contribution is -2.51. The maximum Gasteiger partial charge on any atom is 0.410 e. The number of fused-ring (bicyclic) bond motifs is 3. The van der Waals surface area contributed by atoms with Crippen molar-refractivity contribution in [3.05, 3.63) is 64.8 Å². The molecule has 2 atom stereocenters. The van der Waals surface area contributed by atoms with Gasteiger partial charge in [0.25, 0.3) is 0 Å². The zero-order valence-electron chi connectivity index (χ0n) is 19.9. The maximum absolute atomic E-state index is 13.6. The third-order valence-electron chi connectivity index (χ3n) is 7.31. The average Bonchev–Trinajstić information content (AvgIpc) is 3.65. The minimum absolute atomic E-state index is 0.0739. The van der Waals surface area contributed by atoms with Crippen LogP contribution in [0.25, 0.3) is 22.1 Å². The van der Waals surface area contributed by atoms with Gasteiger partial charge in [0.05, 0.1) is 23.3 Å². The Bertz CT molecular complexity index is 1470. The molecule has 3 aromatic heterocycles. The van der Waals surface area contributed by atoms with Crippen LogP contribution in [0.5, 0.6) is 0 Å². The summed E-state index contributed by atoms with van der Waals surface area (Å²) >= 11 is 0. The van der Waals surface area contributed by atoms with Crippen LogP contribution in [-0.2, 0) is 16.1 Å². The Morgan fingerprint density at radius 1 is 1.08 bits per heavy atom. The monoisotopic (exact) mass is 488 g/mol. The third-order valence-corrected chi connectivity index (χ3v) is 7.31. The summed E-state index contributed by atoms with van der Waals surface area (Å²) in [6, 6.07) is 10.7. The van der Waals surface area contributed by atoms with Gasteiger partial charge >= 0.3 is 11.8 Å². The number of nitrogens with zero attached hydrogens (tertiary/aromatic N) is 4. The number of likely N-dealkylation sites (tertiary alicyclic amines) is 2. The number of pyridine rings is 1. The molecule has 0 aliphatic carbocycles. The van der Waals surface area contributed by atoms with Gasteiger partial charge in [-0.15, -0.1) is 0 Å². The zero-order valence-corrected chi connectivity index (χ0v) is 19.9. The van der Waals surface area contributed by atoms with Gasteiger partial charge in [0.1, 0.15) is 18.3 Å². The Morgan fingerprint density at radius 2 is 1.92 bits per heavy atom. The van der Waals surface area contributed by atoms with Gasteiger partial charge < -0.3 is 19.6 Å². The number of imidazole rings is 1. The first-order chi connectivity index (χ1) is 17.6. The highest BCUT2D eigenvalue weighted by atomic mass is 16.6. The van der Waals surface area contributed by atoms with E-state index in [1.54, 1.807) is 21.9 Å². The SMILES string of the molecule is O=C([C@@H]1CCCN1C(=O)OCc1ccccc1)N1CCC[C@@H](n2c(=O)[nH]c3cnc4[nH]ccc4c32)C1. The van der Waals surface area contributed by atoms with Crippen molar-refractivity contribution >= 4 is 34.1 Å². The van der Waals surface area contributed by atoms with E-state index >= 15 is 0 Å². The molecule has 2 fully saturated rings. The molecular formula is C26H28N6O4. The van der Waals surface area contributed by atoms with Crippen LogP contribution in [0.3, 0.4) is 0 Å². The number of benzene rings is 1. The number of aromatic amines is 2. The quantitative estimate of drug-likeness (QED) is 0.458. The molecule has 2 saturated heterocycles. The van der Waals surface area contributed by atoms with Gasteiger partial charge in [0.2, 0.25) is 5.91 Å². The molecule has 2 aliphatic rings. The van der Waals surface area contributed by atoms with Crippen molar-refractivity contribution in [2.24, 2.45) is 0 Å². The van der Waals surface area contributed by atoms with E-state index in [0.717, 1.165) is 41.4 Å². The normalized spacial score (nSPS) is 20.3. The highest BCUT2D eigenvalue weighted by Crippen LogP contribution is 2.29. The first kappa shape index (κ1) is 22.4. The molecule has 0 bridgehead atoms. The molecule has 36 heavy (non-hydrogen) atoms. The average molecular weight is 489 g/mol. The van der Waals surface area contributed by atoms with Gasteiger partial charge in [-0.1, -0.05) is 30.3 Å². The van der Waals surface area contributed by atoms with E-state index in [4.69, 9.17) is 4.74 Å². The van der Waals surface area contributed by atoms with E-state index in [1.807, 2.05) is 41.3 Å². The number of hydrogen-bond acceptors (Lipinski definition) is 5. The molecule has 2 amide bonds. The van der Waals surface area contributed by atoms with Crippen molar-refractivity contribution in [2.75, 3.05) is 19.6 Å². The minimum atomic E-state index is -0.535. The number of ether oxygens (including phenoxy) is 1. The van der Waals surface area contributed by atoms with Crippen LogP contribution in [0, 0.1) is 0 Å². The van der Waals surface area contributed by atoms with Crippen LogP contribution >= 0.6 is 0 Å². The Hall–Kier alpha value is -4.08. The topological polar surface area (TPSA) is 116 Å². The summed E-state index contributed by atoms with van der Waals surface area (Å²) < 4.78 is 7.29. The molecule has 5 heterocycles. The Morgan fingerprint density at radius 3 is 2.78 bits per heavy atom. The molecule has 0 radical (unpaired) electrons. The summed E-state index contributed by atoms with van der Waals surface area (Å²) in [4.78, 5) is 53.1. The molecule has 10 nitrogen and oxygen atoms in total. The van der Waals surface area contributed by atoms with Gasteiger partial charge in [-0.25, -0.2) is 14.6 Å². The highest BCUT2D eigenvalue weighted by Gasteiger charge is 2.39. The van der Waals surface area contributed by atoms with Gasteiger partial charge in [0, 0.05) is 31.2 Å². The molecule has 186 valence electrons. The minimum Gasteiger partial charge on any atom is -0.445 e. The highest BCUT2D eigenvalue weighted by molar-refractivity contribution is 6.01. The fourth-order valence-electron chi connectivity index (χ4n) is 5.59. The lowest BCUT2D eigenvalue weighted by Gasteiger charge is -2.36. The summed E-state index contributed by atoms with van der Waals surface area (Å²) in [6.07, 6.45) is 5.95. The van der Waals surface area contributed by atoms with Crippen molar-refractivity contribution in [3.8, 4) is 0 Å². The van der Waals surface area contributed by atoms with Crippen LogP contribution in [0.15, 0.2) is 53.6 Å². The van der Waals surface area contributed by atoms with Crippen LogP contribution < -0.4 is 5.69 Å². The summed E-state index contributed by atoms with van der Waals surface area (Å²) in [7, 11) is 0. The number of rotatable bonds is 4. The summed E-state index contributed by atoms with van der Waals surface area (Å²) in [5, 5.41) is 0.873. The van der Waals surface area contributed by atoms with Gasteiger partial charge in [-0.05, 0) is 37.3 Å². The fraction of sp³-hybridized carbons (Fsp3) is 0.385. The van der Waals surface area contributed by atoms with Crippen molar-refractivity contribution in [1.29, 1.82) is 0 Å². The van der Waals surface area contributed by atoms with E-state index in [9.17, 15) is 14.4 Å². The number of nitrogens with one attached hydrogen (secondary N) is 2. The van der Waals surface area contributed by atoms with Crippen LogP contribution in [-0.4, -0.2) is 67.0 Å². The summed E-state index contributed by atoms with van der Waals surface area (Å²) in [5.41, 5.74) is 2.90. The fourth-order valence-corrected chi connectivity index (χ4v) is 5.59. The first-order valence-electron chi connectivity index (χ1n) is 12.4. The Kier molecular flexibility index (Phi) is 5.71. The van der Waals surface area contributed by atoms with Gasteiger partial charge in [0.15, 0.2) is 0 Å². The number of H-pyrrole nitrogens is 2. The Labute approximate surface area is 206 Å². The smallest absolute Gasteiger partial charge is 0.410 e. The largest absolute Gasteiger partial charge is 0.445 e. The van der Waals surface area contributed by atoms with Crippen molar-refractivity contribution in [3.63, 3.8) is 0 Å². The number of carbonyl (C=O) groups is 2. The Balaban J connectivity index is 1.20. The van der Waals surface area contributed by atoms with Crippen LogP contribution in [0.4, 0.5) is 4.79 Å². The predicted molar refractivity (Wildman–Crippen MR) is 133 cm³/mol. The van der Waals surface area contributed by atoms with E-state index in [-0.39, 0.29) is 24.2 Å². The van der Waals surface area contributed by atoms with Gasteiger partial charge in [-0.3, -0.25) is 14.3 Å². The molecule has 0 unspecified atom stereocenters. The van der Waals surface area contributed by atoms with Crippen LogP contribution in [0.1, 0.15) is 37.3 Å². The molecule has 2 N–H and O–H groups in total. The second-order valence-corrected chi connectivity index (χ2v) is 9.53. The second-order valence-electron chi connectivity index (χ2n) is 9.53. The predicted octanol–water partition coefficient (Wildman–Crippen LogP) is 3.17. The van der Waals surface area contributed by atoms with Crippen LogP contribution in [0.2, 0.25) is 0 Å². The molecule has 4 aromatic rings. The van der Waals surface area contributed by atoms with Crippen molar-refractivity contribution in [1.82, 2.24) is 29.3 Å². The molecule has 0 saturated carbocycles. The molecule has 10 heteroatoms. The molecule has 1 aromatic carbocycles. The van der Waals surface area contributed by atoms with E-state index < -0.39 is 12.1 Å². The van der Waals surface area contributed by atoms with E-state index in [0.29, 0.717) is 31.6 Å². The molecule has 2 aliphatic heterocycles. The van der Waals surface area contributed by atoms with E-state index in [2.05, 4.69) is 15.0 Å². The first-order valence-corrected chi connectivity index (χ1v) is 12.4. The number of amides is 2. The molecule has 6 rings (SSSR count). The lowest BCUT2D eigenvalue weighted by atomic mass is 10.0. The third kappa shape index (κ3) is 3.92. The number of carbonyl (C=O) groups excluding carboxylic acids is 2. The number of aromatic nitrogens is 4. The maximum atomic E-state index is 13.6. The number of piperidine rings is 1. The van der Waals surface area contributed by atoms with E-state index in [1.165, 1.54) is 0 Å². The standard InChI is InChI=1S/C26H28N6O4/c33-24(21-9-5-13-31(21)26(35)36-16-17-6-2-1-3-7-17)30-12-4-8-18(15-30)32-22-19-10-11-27-23(19)28-14-20(22)29-25(32)34/h1-3,6-7,10-11,14,18,21H,4-5,8-9,12-13,15-16H2,(H,27,28)(H,29,34)/t18-,21+/m1/s1. The molecular weight excluding hydrogens is 460 g/mol. The lowest BCUT2D eigenvalue weighted by molar-refractivity contribution is -0.137. The zero-order chi connectivity index (χ0) is 24.6.